The lowest BCUT2D eigenvalue weighted by Gasteiger charge is -2.20. The van der Waals surface area contributed by atoms with Crippen molar-refractivity contribution in [2.45, 2.75) is 32.9 Å². The molecule has 0 aliphatic carbocycles. The number of hydrogen-bond acceptors (Lipinski definition) is 6. The van der Waals surface area contributed by atoms with Crippen LogP contribution < -0.4 is 15.5 Å². The fraction of sp³-hybridized carbons (Fsp3) is 0.333. The van der Waals surface area contributed by atoms with Crippen molar-refractivity contribution in [3.8, 4) is 5.75 Å². The van der Waals surface area contributed by atoms with E-state index in [1.165, 1.54) is 38.4 Å². The molecule has 2 aromatic carbocycles. The molecule has 0 radical (unpaired) electrons. The fourth-order valence-electron chi connectivity index (χ4n) is 2.86. The number of hydroxylamine groups is 1. The molecule has 0 saturated carbocycles. The van der Waals surface area contributed by atoms with Crippen molar-refractivity contribution in [2.24, 2.45) is 5.16 Å². The van der Waals surface area contributed by atoms with Crippen LogP contribution in [0, 0.1) is 6.92 Å². The number of nitrogens with one attached hydrogen (secondary N) is 2. The van der Waals surface area contributed by atoms with Crippen LogP contribution >= 0.6 is 0 Å². The highest BCUT2D eigenvalue weighted by molar-refractivity contribution is 5.98. The number of hydrogen-bond donors (Lipinski definition) is 2. The molecule has 10 heteroatoms. The molecule has 0 spiro atoms. The summed E-state index contributed by atoms with van der Waals surface area (Å²) in [6, 6.07) is 10.0. The van der Waals surface area contributed by atoms with Gasteiger partial charge in [-0.1, -0.05) is 23.4 Å². The van der Waals surface area contributed by atoms with E-state index in [0.717, 1.165) is 11.1 Å². The minimum absolute atomic E-state index is 0.0769. The van der Waals surface area contributed by atoms with Crippen molar-refractivity contribution in [2.75, 3.05) is 14.2 Å². The summed E-state index contributed by atoms with van der Waals surface area (Å²) >= 11 is 0. The van der Waals surface area contributed by atoms with Crippen LogP contribution in [0.3, 0.4) is 0 Å². The van der Waals surface area contributed by atoms with E-state index in [1.807, 2.05) is 19.1 Å². The molecule has 1 unspecified atom stereocenters. The Hall–Kier alpha value is -3.11. The van der Waals surface area contributed by atoms with E-state index in [2.05, 4.69) is 20.7 Å². The first-order valence-corrected chi connectivity index (χ1v) is 9.27. The molecule has 2 aromatic rings. The predicted molar refractivity (Wildman–Crippen MR) is 108 cm³/mol. The minimum atomic E-state index is -4.75. The molecular formula is C21H24F3N3O4. The van der Waals surface area contributed by atoms with Gasteiger partial charge >= 0.3 is 6.36 Å². The summed E-state index contributed by atoms with van der Waals surface area (Å²) in [5.41, 5.74) is 6.02. The molecule has 7 nitrogen and oxygen atoms in total. The predicted octanol–water partition coefficient (Wildman–Crippen LogP) is 3.77. The second-order valence-electron chi connectivity index (χ2n) is 6.53. The van der Waals surface area contributed by atoms with Gasteiger partial charge in [-0.2, -0.15) is 5.48 Å². The van der Waals surface area contributed by atoms with E-state index in [0.29, 0.717) is 16.8 Å². The molecule has 0 saturated heterocycles. The molecule has 2 rings (SSSR count). The van der Waals surface area contributed by atoms with Crippen LogP contribution in [0.15, 0.2) is 47.6 Å². The van der Waals surface area contributed by atoms with Crippen LogP contribution in [-0.2, 0) is 21.1 Å². The van der Waals surface area contributed by atoms with E-state index in [-0.39, 0.29) is 18.3 Å². The number of nitrogens with zero attached hydrogens (tertiary/aromatic N) is 1. The Balaban J connectivity index is 2.15. The number of aryl methyl sites for hydroxylation is 1. The Labute approximate surface area is 178 Å². The lowest BCUT2D eigenvalue weighted by Crippen LogP contribution is -2.36. The lowest BCUT2D eigenvalue weighted by atomic mass is 9.96. The van der Waals surface area contributed by atoms with Gasteiger partial charge in [-0.05, 0) is 54.8 Å². The van der Waals surface area contributed by atoms with Crippen LogP contribution in [0.5, 0.6) is 5.75 Å². The molecule has 31 heavy (non-hydrogen) atoms. The van der Waals surface area contributed by atoms with Crippen LogP contribution in [0.2, 0.25) is 0 Å². The van der Waals surface area contributed by atoms with Gasteiger partial charge in [0.25, 0.3) is 0 Å². The summed E-state index contributed by atoms with van der Waals surface area (Å²) in [5.74, 6) is -0.602. The maximum absolute atomic E-state index is 12.3. The molecule has 2 N–H and O–H groups in total. The Morgan fingerprint density at radius 2 is 1.84 bits per heavy atom. The van der Waals surface area contributed by atoms with Crippen molar-refractivity contribution >= 4 is 11.6 Å². The molecule has 1 amide bonds. The SMILES string of the molecule is CNC(=O)C(NOC)c1cccc(C)c1CO/N=C(\C)c1ccc(OC(F)(F)F)cc1. The quantitative estimate of drug-likeness (QED) is 0.459. The largest absolute Gasteiger partial charge is 0.573 e. The summed E-state index contributed by atoms with van der Waals surface area (Å²) in [5, 5.41) is 6.63. The third kappa shape index (κ3) is 6.97. The number of benzene rings is 2. The highest BCUT2D eigenvalue weighted by Crippen LogP contribution is 2.24. The summed E-state index contributed by atoms with van der Waals surface area (Å²) in [6.07, 6.45) is -4.75. The fourth-order valence-corrected chi connectivity index (χ4v) is 2.86. The van der Waals surface area contributed by atoms with Crippen molar-refractivity contribution in [3.05, 3.63) is 64.7 Å². The molecule has 0 fully saturated rings. The third-order valence-electron chi connectivity index (χ3n) is 4.42. The molecule has 0 aliphatic heterocycles. The average Bonchev–Trinajstić information content (AvgIpc) is 2.72. The molecule has 168 valence electrons. The highest BCUT2D eigenvalue weighted by Gasteiger charge is 2.31. The third-order valence-corrected chi connectivity index (χ3v) is 4.42. The van der Waals surface area contributed by atoms with Crippen molar-refractivity contribution in [3.63, 3.8) is 0 Å². The van der Waals surface area contributed by atoms with Crippen molar-refractivity contribution in [1.82, 2.24) is 10.8 Å². The maximum Gasteiger partial charge on any atom is 0.573 e. The van der Waals surface area contributed by atoms with Gasteiger partial charge in [-0.3, -0.25) is 4.79 Å². The number of amides is 1. The number of carbonyl (C=O) groups excluding carboxylic acids is 1. The molecule has 0 heterocycles. The summed E-state index contributed by atoms with van der Waals surface area (Å²) in [7, 11) is 2.94. The highest BCUT2D eigenvalue weighted by atomic mass is 19.4. The number of likely N-dealkylation sites (N-methyl/N-ethyl adjacent to an activating group) is 1. The molecular weight excluding hydrogens is 415 g/mol. The molecule has 1 atom stereocenters. The Morgan fingerprint density at radius 1 is 1.16 bits per heavy atom. The monoisotopic (exact) mass is 439 g/mol. The van der Waals surface area contributed by atoms with Gasteiger partial charge in [-0.25, -0.2) is 0 Å². The van der Waals surface area contributed by atoms with Crippen LogP contribution in [0.1, 0.15) is 35.2 Å². The average molecular weight is 439 g/mol. The zero-order valence-corrected chi connectivity index (χ0v) is 17.5. The van der Waals surface area contributed by atoms with Gasteiger partial charge < -0.3 is 19.7 Å². The molecule has 0 aliphatic rings. The van der Waals surface area contributed by atoms with Crippen LogP contribution in [0.25, 0.3) is 0 Å². The first-order valence-electron chi connectivity index (χ1n) is 9.27. The normalized spacial score (nSPS) is 12.9. The van der Waals surface area contributed by atoms with Crippen LogP contribution in [0.4, 0.5) is 13.2 Å². The van der Waals surface area contributed by atoms with E-state index in [4.69, 9.17) is 9.68 Å². The van der Waals surface area contributed by atoms with Gasteiger partial charge in [0.1, 0.15) is 18.4 Å². The summed E-state index contributed by atoms with van der Waals surface area (Å²) in [4.78, 5) is 22.7. The first kappa shape index (κ1) is 24.2. The van der Waals surface area contributed by atoms with Gasteiger partial charge in [0.15, 0.2) is 0 Å². The number of rotatable bonds is 9. The second-order valence-corrected chi connectivity index (χ2v) is 6.53. The Kier molecular flexibility index (Phi) is 8.40. The number of alkyl halides is 3. The minimum Gasteiger partial charge on any atom is -0.406 e. The molecule has 0 aromatic heterocycles. The topological polar surface area (TPSA) is 81.2 Å². The van der Waals surface area contributed by atoms with E-state index < -0.39 is 12.4 Å². The van der Waals surface area contributed by atoms with Gasteiger partial charge in [0, 0.05) is 12.6 Å². The second kappa shape index (κ2) is 10.8. The Morgan fingerprint density at radius 3 is 2.42 bits per heavy atom. The number of oxime groups is 1. The van der Waals surface area contributed by atoms with Gasteiger partial charge in [0.05, 0.1) is 12.8 Å². The maximum atomic E-state index is 12.3. The van der Waals surface area contributed by atoms with Crippen molar-refractivity contribution in [1.29, 1.82) is 0 Å². The smallest absolute Gasteiger partial charge is 0.406 e. The number of carbonyl (C=O) groups is 1. The van der Waals surface area contributed by atoms with E-state index in [9.17, 15) is 18.0 Å². The van der Waals surface area contributed by atoms with Gasteiger partial charge in [-0.15, -0.1) is 13.2 Å². The zero-order chi connectivity index (χ0) is 23.0. The first-order chi connectivity index (χ1) is 14.7. The van der Waals surface area contributed by atoms with E-state index >= 15 is 0 Å². The van der Waals surface area contributed by atoms with Crippen LogP contribution in [-0.4, -0.2) is 32.1 Å². The lowest BCUT2D eigenvalue weighted by molar-refractivity contribution is -0.274. The zero-order valence-electron chi connectivity index (χ0n) is 17.5. The number of ether oxygens (including phenoxy) is 1. The number of halogens is 3. The van der Waals surface area contributed by atoms with Crippen molar-refractivity contribution < 1.29 is 32.4 Å². The van der Waals surface area contributed by atoms with Gasteiger partial charge in [0.2, 0.25) is 5.91 Å². The molecule has 0 bridgehead atoms. The van der Waals surface area contributed by atoms with E-state index in [1.54, 1.807) is 13.0 Å². The summed E-state index contributed by atoms with van der Waals surface area (Å²) < 4.78 is 40.7. The Bertz CT molecular complexity index is 915. The summed E-state index contributed by atoms with van der Waals surface area (Å²) in [6.45, 7) is 3.62. The standard InChI is InChI=1S/C21H24F3N3O4/c1-13-6-5-7-17(19(27-29-4)20(28)25-3)18(13)12-30-26-14(2)15-8-10-16(11-9-15)31-21(22,23)24/h5-11,19,27H,12H2,1-4H3,(H,25,28)/b26-14+.